The normalized spacial score (nSPS) is 12.2. The minimum atomic E-state index is 0.161. The van der Waals surface area contributed by atoms with Crippen LogP contribution in [0, 0.1) is 0 Å². The predicted octanol–water partition coefficient (Wildman–Crippen LogP) is 3.55. The van der Waals surface area contributed by atoms with Crippen LogP contribution in [0.1, 0.15) is 26.3 Å². The molecule has 0 unspecified atom stereocenters. The van der Waals surface area contributed by atoms with Crippen LogP contribution in [0.3, 0.4) is 0 Å². The van der Waals surface area contributed by atoms with Crippen molar-refractivity contribution in [3.63, 3.8) is 0 Å². The fourth-order valence-corrected chi connectivity index (χ4v) is 2.10. The summed E-state index contributed by atoms with van der Waals surface area (Å²) in [5.41, 5.74) is 1.01. The van der Waals surface area contributed by atoms with Gasteiger partial charge in [-0.1, -0.05) is 17.7 Å². The summed E-state index contributed by atoms with van der Waals surface area (Å²) in [6, 6.07) is 5.61. The number of ether oxygens (including phenoxy) is 1. The second-order valence-corrected chi connectivity index (χ2v) is 7.42. The van der Waals surface area contributed by atoms with E-state index in [-0.39, 0.29) is 4.75 Å². The zero-order valence-corrected chi connectivity index (χ0v) is 15.6. The number of aliphatic imine (C=N–C) groups is 1. The molecule has 2 N–H and O–H groups in total. The van der Waals surface area contributed by atoms with Gasteiger partial charge in [-0.3, -0.25) is 0 Å². The minimum Gasteiger partial charge on any atom is -0.496 e. The maximum Gasteiger partial charge on any atom is 0.191 e. The first-order chi connectivity index (χ1) is 10.4. The highest BCUT2D eigenvalue weighted by Gasteiger charge is 2.16. The first-order valence-corrected chi connectivity index (χ1v) is 8.92. The summed E-state index contributed by atoms with van der Waals surface area (Å²) in [6.45, 7) is 8.67. The standard InChI is InChI=1S/C16H26ClN3OS/c1-6-18-15(20-11-16(2,3)22-5)19-10-12-7-8-13(17)9-14(12)21-4/h7-9H,6,10-11H2,1-5H3,(H2,18,19,20). The number of rotatable bonds is 7. The molecule has 124 valence electrons. The van der Waals surface area contributed by atoms with Gasteiger partial charge in [-0.15, -0.1) is 0 Å². The smallest absolute Gasteiger partial charge is 0.191 e. The fraction of sp³-hybridized carbons (Fsp3) is 0.562. The van der Waals surface area contributed by atoms with Crippen molar-refractivity contribution in [1.82, 2.24) is 10.6 Å². The van der Waals surface area contributed by atoms with Crippen molar-refractivity contribution in [2.45, 2.75) is 32.1 Å². The Morgan fingerprint density at radius 2 is 2.09 bits per heavy atom. The Balaban J connectivity index is 2.77. The van der Waals surface area contributed by atoms with E-state index >= 15 is 0 Å². The number of nitrogens with zero attached hydrogens (tertiary/aromatic N) is 1. The second kappa shape index (κ2) is 9.16. The van der Waals surface area contributed by atoms with Crippen LogP contribution in [-0.4, -0.2) is 37.2 Å². The molecule has 0 aromatic heterocycles. The first kappa shape index (κ1) is 19.0. The van der Waals surface area contributed by atoms with Crippen molar-refractivity contribution in [3.8, 4) is 5.75 Å². The number of methoxy groups -OCH3 is 1. The predicted molar refractivity (Wildman–Crippen MR) is 98.4 cm³/mol. The average molecular weight is 344 g/mol. The third-order valence-corrected chi connectivity index (χ3v) is 4.72. The number of halogens is 1. The molecule has 0 aliphatic carbocycles. The summed E-state index contributed by atoms with van der Waals surface area (Å²) in [5, 5.41) is 7.31. The van der Waals surface area contributed by atoms with Gasteiger partial charge in [0, 0.05) is 28.4 Å². The molecule has 1 aromatic rings. The molecule has 1 aromatic carbocycles. The molecular weight excluding hydrogens is 318 g/mol. The molecule has 0 aliphatic rings. The van der Waals surface area contributed by atoms with E-state index in [4.69, 9.17) is 16.3 Å². The van der Waals surface area contributed by atoms with Gasteiger partial charge in [-0.2, -0.15) is 11.8 Å². The molecule has 0 amide bonds. The van der Waals surface area contributed by atoms with Gasteiger partial charge in [0.25, 0.3) is 0 Å². The molecule has 0 radical (unpaired) electrons. The highest BCUT2D eigenvalue weighted by molar-refractivity contribution is 7.99. The minimum absolute atomic E-state index is 0.161. The van der Waals surface area contributed by atoms with Gasteiger partial charge in [-0.05, 0) is 39.2 Å². The highest BCUT2D eigenvalue weighted by atomic mass is 35.5. The van der Waals surface area contributed by atoms with Crippen molar-refractivity contribution in [3.05, 3.63) is 28.8 Å². The molecule has 22 heavy (non-hydrogen) atoms. The third-order valence-electron chi connectivity index (χ3n) is 3.24. The molecule has 0 saturated heterocycles. The summed E-state index contributed by atoms with van der Waals surface area (Å²) in [6.07, 6.45) is 2.12. The van der Waals surface area contributed by atoms with Crippen LogP contribution < -0.4 is 15.4 Å². The zero-order chi connectivity index (χ0) is 16.6. The summed E-state index contributed by atoms with van der Waals surface area (Å²) in [5.74, 6) is 1.57. The molecule has 0 atom stereocenters. The third kappa shape index (κ3) is 6.36. The van der Waals surface area contributed by atoms with E-state index in [1.54, 1.807) is 7.11 Å². The Hall–Kier alpha value is -1.07. The molecule has 6 heteroatoms. The van der Waals surface area contributed by atoms with Crippen LogP contribution in [0.5, 0.6) is 5.75 Å². The lowest BCUT2D eigenvalue weighted by Gasteiger charge is -2.23. The van der Waals surface area contributed by atoms with Crippen LogP contribution in [0.2, 0.25) is 5.02 Å². The Morgan fingerprint density at radius 3 is 2.68 bits per heavy atom. The van der Waals surface area contributed by atoms with Gasteiger partial charge < -0.3 is 15.4 Å². The molecular formula is C16H26ClN3OS. The van der Waals surface area contributed by atoms with Crippen molar-refractivity contribution < 1.29 is 4.74 Å². The summed E-state index contributed by atoms with van der Waals surface area (Å²) < 4.78 is 5.51. The highest BCUT2D eigenvalue weighted by Crippen LogP contribution is 2.23. The van der Waals surface area contributed by atoms with Gasteiger partial charge in [0.2, 0.25) is 0 Å². The molecule has 0 aliphatic heterocycles. The maximum atomic E-state index is 5.98. The zero-order valence-electron chi connectivity index (χ0n) is 14.0. The van der Waals surface area contributed by atoms with E-state index < -0.39 is 0 Å². The summed E-state index contributed by atoms with van der Waals surface area (Å²) in [7, 11) is 1.64. The summed E-state index contributed by atoms with van der Waals surface area (Å²) >= 11 is 7.81. The van der Waals surface area contributed by atoms with Crippen LogP contribution in [0.4, 0.5) is 0 Å². The lowest BCUT2D eigenvalue weighted by Crippen LogP contribution is -2.43. The number of guanidine groups is 1. The number of hydrogen-bond acceptors (Lipinski definition) is 3. The molecule has 0 spiro atoms. The van der Waals surface area contributed by atoms with Crippen LogP contribution >= 0.6 is 23.4 Å². The van der Waals surface area contributed by atoms with E-state index in [2.05, 4.69) is 42.7 Å². The van der Waals surface area contributed by atoms with Gasteiger partial charge >= 0.3 is 0 Å². The molecule has 0 fully saturated rings. The van der Waals surface area contributed by atoms with Gasteiger partial charge in [0.15, 0.2) is 5.96 Å². The SMILES string of the molecule is CCNC(=NCc1ccc(Cl)cc1OC)NCC(C)(C)SC. The van der Waals surface area contributed by atoms with E-state index in [0.717, 1.165) is 30.4 Å². The van der Waals surface area contributed by atoms with Crippen molar-refractivity contribution in [2.75, 3.05) is 26.5 Å². The van der Waals surface area contributed by atoms with Crippen LogP contribution in [-0.2, 0) is 6.54 Å². The Kier molecular flexibility index (Phi) is 7.90. The van der Waals surface area contributed by atoms with Crippen molar-refractivity contribution in [2.24, 2.45) is 4.99 Å². The maximum absolute atomic E-state index is 5.98. The van der Waals surface area contributed by atoms with Gasteiger partial charge in [0.1, 0.15) is 5.75 Å². The number of hydrogen-bond donors (Lipinski definition) is 2. The lowest BCUT2D eigenvalue weighted by molar-refractivity contribution is 0.410. The topological polar surface area (TPSA) is 45.7 Å². The molecule has 1 rings (SSSR count). The van der Waals surface area contributed by atoms with Crippen LogP contribution in [0.15, 0.2) is 23.2 Å². The Morgan fingerprint density at radius 1 is 1.36 bits per heavy atom. The van der Waals surface area contributed by atoms with E-state index in [1.807, 2.05) is 30.0 Å². The molecule has 4 nitrogen and oxygen atoms in total. The second-order valence-electron chi connectivity index (χ2n) is 5.47. The number of nitrogens with one attached hydrogen (secondary N) is 2. The Bertz CT molecular complexity index is 506. The number of benzene rings is 1. The largest absolute Gasteiger partial charge is 0.496 e. The quantitative estimate of drug-likeness (QED) is 0.587. The van der Waals surface area contributed by atoms with Gasteiger partial charge in [-0.25, -0.2) is 4.99 Å². The summed E-state index contributed by atoms with van der Waals surface area (Å²) in [4.78, 5) is 4.62. The Labute approximate surface area is 143 Å². The molecule has 0 heterocycles. The fourth-order valence-electron chi connectivity index (χ4n) is 1.72. The van der Waals surface area contributed by atoms with Gasteiger partial charge in [0.05, 0.1) is 13.7 Å². The molecule has 0 bridgehead atoms. The average Bonchev–Trinajstić information content (AvgIpc) is 2.50. The molecule has 0 saturated carbocycles. The van der Waals surface area contributed by atoms with E-state index in [9.17, 15) is 0 Å². The van der Waals surface area contributed by atoms with Crippen molar-refractivity contribution in [1.29, 1.82) is 0 Å². The first-order valence-electron chi connectivity index (χ1n) is 7.31. The lowest BCUT2D eigenvalue weighted by atomic mass is 10.2. The van der Waals surface area contributed by atoms with Crippen molar-refractivity contribution >= 4 is 29.3 Å². The number of thioether (sulfide) groups is 1. The van der Waals surface area contributed by atoms with Crippen LogP contribution in [0.25, 0.3) is 0 Å². The van der Waals surface area contributed by atoms with E-state index in [0.29, 0.717) is 11.6 Å². The van der Waals surface area contributed by atoms with E-state index in [1.165, 1.54) is 0 Å². The monoisotopic (exact) mass is 343 g/mol.